The zero-order chi connectivity index (χ0) is 15.5. The normalized spacial score (nSPS) is 11.7. The van der Waals surface area contributed by atoms with E-state index in [1.54, 1.807) is 11.3 Å². The topological polar surface area (TPSA) is 28.2 Å². The molecule has 0 atom stereocenters. The van der Waals surface area contributed by atoms with E-state index in [2.05, 4.69) is 36.0 Å². The van der Waals surface area contributed by atoms with Gasteiger partial charge >= 0.3 is 0 Å². The van der Waals surface area contributed by atoms with Crippen LogP contribution in [0.15, 0.2) is 30.5 Å². The molecule has 2 aromatic rings. The number of benzene rings is 1. The van der Waals surface area contributed by atoms with E-state index < -0.39 is 0 Å². The highest BCUT2D eigenvalue weighted by Gasteiger charge is 2.11. The number of nitrogens with one attached hydrogen (secondary N) is 1. The number of halogens is 1. The van der Waals surface area contributed by atoms with E-state index in [9.17, 15) is 4.39 Å². The zero-order valence-electron chi connectivity index (χ0n) is 13.0. The summed E-state index contributed by atoms with van der Waals surface area (Å²) in [5.74, 6) is -0.203. The highest BCUT2D eigenvalue weighted by atomic mass is 32.1. The van der Waals surface area contributed by atoms with Crippen molar-refractivity contribution in [3.05, 3.63) is 46.7 Å². The second-order valence-corrected chi connectivity index (χ2v) is 7.29. The van der Waals surface area contributed by atoms with E-state index in [4.69, 9.17) is 0 Å². The van der Waals surface area contributed by atoms with Crippen molar-refractivity contribution in [2.45, 2.75) is 39.4 Å². The lowest BCUT2D eigenvalue weighted by Crippen LogP contribution is -2.34. The van der Waals surface area contributed by atoms with Crippen LogP contribution in [0.2, 0.25) is 0 Å². The molecule has 114 valence electrons. The van der Waals surface area contributed by atoms with Crippen molar-refractivity contribution in [1.29, 1.82) is 0 Å². The average Bonchev–Trinajstić information content (AvgIpc) is 2.87. The summed E-state index contributed by atoms with van der Waals surface area (Å²) in [6.45, 7) is 7.99. The third kappa shape index (κ3) is 5.10. The summed E-state index contributed by atoms with van der Waals surface area (Å²) in [6.07, 6.45) is 1.92. The predicted molar refractivity (Wildman–Crippen MR) is 87.2 cm³/mol. The molecule has 0 aliphatic carbocycles. The molecule has 2 rings (SSSR count). The van der Waals surface area contributed by atoms with E-state index >= 15 is 0 Å². The Hall–Kier alpha value is -1.46. The van der Waals surface area contributed by atoms with Gasteiger partial charge in [-0.3, -0.25) is 0 Å². The molecular weight excluding hydrogens is 285 g/mol. The van der Waals surface area contributed by atoms with Crippen LogP contribution in [0.1, 0.15) is 31.2 Å². The molecule has 0 bridgehead atoms. The van der Waals surface area contributed by atoms with Gasteiger partial charge in [-0.2, -0.15) is 0 Å². The molecule has 1 aromatic carbocycles. The Kier molecular flexibility index (Phi) is 4.96. The maximum atomic E-state index is 12.9. The monoisotopic (exact) mass is 307 g/mol. The Morgan fingerprint density at radius 2 is 1.90 bits per heavy atom. The first-order valence-electron chi connectivity index (χ1n) is 6.99. The lowest BCUT2D eigenvalue weighted by atomic mass is 10.1. The zero-order valence-corrected chi connectivity index (χ0v) is 13.8. The molecule has 0 saturated carbocycles. The number of thiazole rings is 1. The molecule has 5 heteroatoms. The predicted octanol–water partition coefficient (Wildman–Crippen LogP) is 3.81. The van der Waals surface area contributed by atoms with Crippen LogP contribution in [-0.2, 0) is 13.1 Å². The third-order valence-corrected chi connectivity index (χ3v) is 4.11. The van der Waals surface area contributed by atoms with E-state index in [0.29, 0.717) is 0 Å². The Labute approximate surface area is 129 Å². The van der Waals surface area contributed by atoms with Gasteiger partial charge in [-0.1, -0.05) is 12.1 Å². The second-order valence-electron chi connectivity index (χ2n) is 6.20. The van der Waals surface area contributed by atoms with Crippen molar-refractivity contribution in [3.8, 4) is 0 Å². The summed E-state index contributed by atoms with van der Waals surface area (Å²) in [7, 11) is 2.00. The fraction of sp³-hybridized carbons (Fsp3) is 0.438. The second kappa shape index (κ2) is 6.54. The van der Waals surface area contributed by atoms with Crippen molar-refractivity contribution < 1.29 is 4.39 Å². The fourth-order valence-corrected chi connectivity index (χ4v) is 2.65. The van der Waals surface area contributed by atoms with Gasteiger partial charge in [-0.25, -0.2) is 9.37 Å². The average molecular weight is 307 g/mol. The van der Waals surface area contributed by atoms with Gasteiger partial charge in [0, 0.05) is 36.8 Å². The van der Waals surface area contributed by atoms with E-state index in [1.807, 2.05) is 25.4 Å². The number of anilines is 1. The van der Waals surface area contributed by atoms with Gasteiger partial charge < -0.3 is 10.2 Å². The maximum Gasteiger partial charge on any atom is 0.185 e. The van der Waals surface area contributed by atoms with Crippen LogP contribution in [0.25, 0.3) is 0 Å². The molecule has 1 aromatic heterocycles. The molecule has 3 nitrogen and oxygen atoms in total. The highest BCUT2D eigenvalue weighted by molar-refractivity contribution is 7.15. The summed E-state index contributed by atoms with van der Waals surface area (Å²) >= 11 is 1.68. The molecule has 0 aliphatic rings. The molecule has 1 N–H and O–H groups in total. The summed E-state index contributed by atoms with van der Waals surface area (Å²) in [5.41, 5.74) is 1.17. The number of hydrogen-bond donors (Lipinski definition) is 1. The molecule has 21 heavy (non-hydrogen) atoms. The highest BCUT2D eigenvalue weighted by Crippen LogP contribution is 2.23. The number of hydrogen-bond acceptors (Lipinski definition) is 4. The SMILES string of the molecule is CN(Cc1ccc(F)cc1)c1ncc(CNC(C)(C)C)s1. The number of rotatable bonds is 5. The van der Waals surface area contributed by atoms with E-state index in [-0.39, 0.29) is 11.4 Å². The van der Waals surface area contributed by atoms with Gasteiger partial charge in [0.2, 0.25) is 0 Å². The van der Waals surface area contributed by atoms with Gasteiger partial charge in [0.15, 0.2) is 5.13 Å². The Morgan fingerprint density at radius 3 is 2.52 bits per heavy atom. The van der Waals surface area contributed by atoms with Crippen LogP contribution in [0.5, 0.6) is 0 Å². The minimum Gasteiger partial charge on any atom is -0.347 e. The summed E-state index contributed by atoms with van der Waals surface area (Å²) in [4.78, 5) is 7.76. The van der Waals surface area contributed by atoms with Crippen LogP contribution in [-0.4, -0.2) is 17.6 Å². The lowest BCUT2D eigenvalue weighted by Gasteiger charge is -2.19. The molecular formula is C16H22FN3S. The van der Waals surface area contributed by atoms with Crippen LogP contribution in [0.3, 0.4) is 0 Å². The molecule has 0 spiro atoms. The minimum absolute atomic E-state index is 0.101. The van der Waals surface area contributed by atoms with Gasteiger partial charge in [-0.15, -0.1) is 11.3 Å². The van der Waals surface area contributed by atoms with Gasteiger partial charge in [0.1, 0.15) is 5.82 Å². The Balaban J connectivity index is 1.95. The van der Waals surface area contributed by atoms with Crippen molar-refractivity contribution in [3.63, 3.8) is 0 Å². The standard InChI is InChI=1S/C16H22FN3S/c1-16(2,3)19-10-14-9-18-15(21-14)20(4)11-12-5-7-13(17)8-6-12/h5-9,19H,10-11H2,1-4H3. The quantitative estimate of drug-likeness (QED) is 0.910. The van der Waals surface area contributed by atoms with Crippen LogP contribution in [0.4, 0.5) is 9.52 Å². The molecule has 0 radical (unpaired) electrons. The first-order chi connectivity index (χ1) is 9.83. The summed E-state index contributed by atoms with van der Waals surface area (Å²) in [5, 5.41) is 4.43. The molecule has 0 unspecified atom stereocenters. The molecule has 0 amide bonds. The smallest absolute Gasteiger partial charge is 0.185 e. The van der Waals surface area contributed by atoms with E-state index in [1.165, 1.54) is 17.0 Å². The maximum absolute atomic E-state index is 12.9. The number of nitrogens with zero attached hydrogens (tertiary/aromatic N) is 2. The van der Waals surface area contributed by atoms with Crippen LogP contribution >= 0.6 is 11.3 Å². The first kappa shape index (κ1) is 15.9. The Morgan fingerprint density at radius 1 is 1.24 bits per heavy atom. The van der Waals surface area contributed by atoms with Gasteiger partial charge in [0.25, 0.3) is 0 Å². The lowest BCUT2D eigenvalue weighted by molar-refractivity contribution is 0.426. The summed E-state index contributed by atoms with van der Waals surface area (Å²) in [6, 6.07) is 6.59. The van der Waals surface area contributed by atoms with Crippen molar-refractivity contribution >= 4 is 16.5 Å². The molecule has 0 aliphatic heterocycles. The van der Waals surface area contributed by atoms with Crippen LogP contribution < -0.4 is 10.2 Å². The van der Waals surface area contributed by atoms with Crippen molar-refractivity contribution in [2.24, 2.45) is 0 Å². The largest absolute Gasteiger partial charge is 0.347 e. The third-order valence-electron chi connectivity index (χ3n) is 2.99. The van der Waals surface area contributed by atoms with Crippen molar-refractivity contribution in [1.82, 2.24) is 10.3 Å². The van der Waals surface area contributed by atoms with Gasteiger partial charge in [-0.05, 0) is 38.5 Å². The fourth-order valence-electron chi connectivity index (χ4n) is 1.84. The van der Waals surface area contributed by atoms with Crippen LogP contribution in [0, 0.1) is 5.82 Å². The first-order valence-corrected chi connectivity index (χ1v) is 7.80. The minimum atomic E-state index is -0.203. The van der Waals surface area contributed by atoms with Crippen molar-refractivity contribution in [2.75, 3.05) is 11.9 Å². The number of aromatic nitrogens is 1. The molecule has 0 fully saturated rings. The van der Waals surface area contributed by atoms with E-state index in [0.717, 1.165) is 23.8 Å². The molecule has 1 heterocycles. The summed E-state index contributed by atoms with van der Waals surface area (Å²) < 4.78 is 12.9. The molecule has 0 saturated heterocycles. The Bertz CT molecular complexity index is 572. The van der Waals surface area contributed by atoms with Gasteiger partial charge in [0.05, 0.1) is 0 Å².